The lowest BCUT2D eigenvalue weighted by Crippen LogP contribution is -2.39. The average molecular weight is 417 g/mol. The molecule has 4 aromatic rings. The molecule has 0 amide bonds. The summed E-state index contributed by atoms with van der Waals surface area (Å²) in [6.45, 7) is 4.28. The van der Waals surface area contributed by atoms with Crippen LogP contribution in [0.5, 0.6) is 0 Å². The molecule has 0 unspecified atom stereocenters. The van der Waals surface area contributed by atoms with Crippen LogP contribution in [0.1, 0.15) is 24.0 Å². The maximum absolute atomic E-state index is 14.1. The lowest BCUT2D eigenvalue weighted by Gasteiger charge is -2.33. The summed E-state index contributed by atoms with van der Waals surface area (Å²) in [7, 11) is 0. The third kappa shape index (κ3) is 4.08. The van der Waals surface area contributed by atoms with Gasteiger partial charge in [0.15, 0.2) is 5.65 Å². The Kier molecular flexibility index (Phi) is 5.24. The van der Waals surface area contributed by atoms with E-state index in [4.69, 9.17) is 0 Å². The molecule has 2 aromatic carbocycles. The maximum Gasteiger partial charge on any atom is 0.163 e. The van der Waals surface area contributed by atoms with Crippen LogP contribution >= 0.6 is 0 Å². The Hall–Kier alpha value is -3.48. The Labute approximate surface area is 180 Å². The quantitative estimate of drug-likeness (QED) is 0.522. The second kappa shape index (κ2) is 8.34. The van der Waals surface area contributed by atoms with Crippen LogP contribution in [0.2, 0.25) is 0 Å². The van der Waals surface area contributed by atoms with E-state index in [-0.39, 0.29) is 5.82 Å². The zero-order chi connectivity index (χ0) is 21.2. The van der Waals surface area contributed by atoms with E-state index in [2.05, 4.69) is 56.5 Å². The number of aryl methyl sites for hydroxylation is 1. The zero-order valence-electron chi connectivity index (χ0n) is 17.5. The first kappa shape index (κ1) is 19.5. The largest absolute Gasteiger partial charge is 0.382 e. The smallest absolute Gasteiger partial charge is 0.163 e. The number of fused-ring (bicyclic) bond motifs is 1. The minimum Gasteiger partial charge on any atom is -0.382 e. The number of halogens is 1. The Morgan fingerprint density at radius 1 is 1.06 bits per heavy atom. The van der Waals surface area contributed by atoms with Crippen molar-refractivity contribution in [2.75, 3.05) is 23.3 Å². The molecule has 31 heavy (non-hydrogen) atoms. The van der Waals surface area contributed by atoms with Gasteiger partial charge in [0.05, 0.1) is 18.1 Å². The number of piperidine rings is 1. The van der Waals surface area contributed by atoms with Crippen LogP contribution in [0.25, 0.3) is 11.0 Å². The van der Waals surface area contributed by atoms with Crippen molar-refractivity contribution >= 4 is 22.5 Å². The van der Waals surface area contributed by atoms with Crippen LogP contribution in [0.4, 0.5) is 15.9 Å². The van der Waals surface area contributed by atoms with Crippen LogP contribution in [-0.2, 0) is 6.54 Å². The van der Waals surface area contributed by atoms with E-state index in [0.717, 1.165) is 42.8 Å². The molecule has 7 heteroatoms. The van der Waals surface area contributed by atoms with Gasteiger partial charge in [-0.2, -0.15) is 5.10 Å². The number of aromatic nitrogens is 4. The Bertz CT molecular complexity index is 1200. The average Bonchev–Trinajstić information content (AvgIpc) is 3.19. The summed E-state index contributed by atoms with van der Waals surface area (Å²) in [5, 5.41) is 9.04. The van der Waals surface area contributed by atoms with Crippen molar-refractivity contribution in [1.29, 1.82) is 0 Å². The molecule has 1 aliphatic heterocycles. The number of nitrogens with zero attached hydrogens (tertiary/aromatic N) is 5. The van der Waals surface area contributed by atoms with E-state index in [1.165, 1.54) is 17.3 Å². The van der Waals surface area contributed by atoms with Crippen molar-refractivity contribution in [3.63, 3.8) is 0 Å². The van der Waals surface area contributed by atoms with Crippen LogP contribution < -0.4 is 10.2 Å². The van der Waals surface area contributed by atoms with Gasteiger partial charge in [-0.05, 0) is 43.5 Å². The molecular weight excluding hydrogens is 391 g/mol. The SMILES string of the molecule is Cc1cccc(NC2CCN(c3ncnc4c3cnn4Cc3ccccc3F)CC2)c1. The normalized spacial score (nSPS) is 14.8. The Morgan fingerprint density at radius 2 is 1.90 bits per heavy atom. The fourth-order valence-electron chi connectivity index (χ4n) is 4.24. The third-order valence-corrected chi connectivity index (χ3v) is 5.87. The summed E-state index contributed by atoms with van der Waals surface area (Å²) in [5.74, 6) is 0.669. The number of hydrogen-bond donors (Lipinski definition) is 1. The molecule has 158 valence electrons. The van der Waals surface area contributed by atoms with Gasteiger partial charge in [-0.25, -0.2) is 19.0 Å². The van der Waals surface area contributed by atoms with Gasteiger partial charge in [0.1, 0.15) is 18.0 Å². The summed E-state index contributed by atoms with van der Waals surface area (Å²) in [6, 6.07) is 15.7. The molecule has 3 heterocycles. The fourth-order valence-corrected chi connectivity index (χ4v) is 4.24. The van der Waals surface area contributed by atoms with E-state index in [1.54, 1.807) is 29.3 Å². The van der Waals surface area contributed by atoms with Crippen LogP contribution in [-0.4, -0.2) is 38.9 Å². The molecule has 1 saturated heterocycles. The number of benzene rings is 2. The van der Waals surface area contributed by atoms with E-state index < -0.39 is 0 Å². The van der Waals surface area contributed by atoms with Crippen LogP contribution in [0, 0.1) is 12.7 Å². The Morgan fingerprint density at radius 3 is 2.71 bits per heavy atom. The topological polar surface area (TPSA) is 58.9 Å². The van der Waals surface area contributed by atoms with Gasteiger partial charge in [-0.1, -0.05) is 30.3 Å². The molecule has 1 fully saturated rings. The first-order valence-electron chi connectivity index (χ1n) is 10.7. The van der Waals surface area contributed by atoms with Crippen molar-refractivity contribution < 1.29 is 4.39 Å². The van der Waals surface area contributed by atoms with Gasteiger partial charge < -0.3 is 10.2 Å². The van der Waals surface area contributed by atoms with Gasteiger partial charge in [-0.3, -0.25) is 0 Å². The summed E-state index contributed by atoms with van der Waals surface area (Å²) in [4.78, 5) is 11.3. The molecule has 0 atom stereocenters. The van der Waals surface area contributed by atoms with E-state index in [1.807, 2.05) is 6.07 Å². The van der Waals surface area contributed by atoms with E-state index >= 15 is 0 Å². The Balaban J connectivity index is 1.31. The second-order valence-corrected chi connectivity index (χ2v) is 8.10. The van der Waals surface area contributed by atoms with Crippen molar-refractivity contribution in [2.45, 2.75) is 32.4 Å². The maximum atomic E-state index is 14.1. The highest BCUT2D eigenvalue weighted by molar-refractivity contribution is 5.86. The molecule has 5 rings (SSSR count). The van der Waals surface area contributed by atoms with Crippen molar-refractivity contribution in [1.82, 2.24) is 19.7 Å². The highest BCUT2D eigenvalue weighted by Gasteiger charge is 2.23. The summed E-state index contributed by atoms with van der Waals surface area (Å²) < 4.78 is 15.8. The zero-order valence-corrected chi connectivity index (χ0v) is 17.5. The van der Waals surface area contributed by atoms with Crippen LogP contribution in [0.15, 0.2) is 61.1 Å². The van der Waals surface area contributed by atoms with Crippen molar-refractivity contribution in [3.8, 4) is 0 Å². The fraction of sp³-hybridized carbons (Fsp3) is 0.292. The lowest BCUT2D eigenvalue weighted by atomic mass is 10.0. The van der Waals surface area contributed by atoms with Crippen LogP contribution in [0.3, 0.4) is 0 Å². The summed E-state index contributed by atoms with van der Waals surface area (Å²) >= 11 is 0. The minimum absolute atomic E-state index is 0.233. The van der Waals surface area contributed by atoms with Crippen molar-refractivity contribution in [2.24, 2.45) is 0 Å². The number of rotatable bonds is 5. The number of anilines is 2. The monoisotopic (exact) mass is 416 g/mol. The van der Waals surface area contributed by atoms with E-state index in [0.29, 0.717) is 18.2 Å². The number of nitrogens with one attached hydrogen (secondary N) is 1. The summed E-state index contributed by atoms with van der Waals surface area (Å²) in [6.07, 6.45) is 5.43. The van der Waals surface area contributed by atoms with Gasteiger partial charge in [0.2, 0.25) is 0 Å². The second-order valence-electron chi connectivity index (χ2n) is 8.10. The predicted molar refractivity (Wildman–Crippen MR) is 121 cm³/mol. The highest BCUT2D eigenvalue weighted by Crippen LogP contribution is 2.27. The van der Waals surface area contributed by atoms with Gasteiger partial charge in [-0.15, -0.1) is 0 Å². The van der Waals surface area contributed by atoms with Gasteiger partial charge in [0, 0.05) is 30.4 Å². The predicted octanol–water partition coefficient (Wildman–Crippen LogP) is 4.40. The number of hydrogen-bond acceptors (Lipinski definition) is 5. The first-order valence-corrected chi connectivity index (χ1v) is 10.7. The highest BCUT2D eigenvalue weighted by atomic mass is 19.1. The van der Waals surface area contributed by atoms with Gasteiger partial charge in [0.25, 0.3) is 0 Å². The molecule has 1 N–H and O–H groups in total. The molecule has 1 aliphatic rings. The molecule has 0 bridgehead atoms. The molecule has 0 radical (unpaired) electrons. The molecule has 6 nitrogen and oxygen atoms in total. The molecular formula is C24H25FN6. The lowest BCUT2D eigenvalue weighted by molar-refractivity contribution is 0.524. The standard InChI is InChI=1S/C24H25FN6/c1-17-5-4-7-20(13-17)29-19-9-11-30(12-10-19)23-21-14-28-31(24(21)27-16-26-23)15-18-6-2-3-8-22(18)25/h2-8,13-14,16,19,29H,9-12,15H2,1H3. The summed E-state index contributed by atoms with van der Waals surface area (Å²) in [5.41, 5.74) is 3.76. The molecule has 2 aromatic heterocycles. The van der Waals surface area contributed by atoms with Gasteiger partial charge >= 0.3 is 0 Å². The van der Waals surface area contributed by atoms with Crippen molar-refractivity contribution in [3.05, 3.63) is 78.0 Å². The minimum atomic E-state index is -0.233. The first-order chi connectivity index (χ1) is 15.2. The molecule has 0 aliphatic carbocycles. The molecule has 0 spiro atoms. The third-order valence-electron chi connectivity index (χ3n) is 5.87. The molecule has 0 saturated carbocycles. The van der Waals surface area contributed by atoms with E-state index in [9.17, 15) is 4.39 Å².